The highest BCUT2D eigenvalue weighted by Crippen LogP contribution is 2.14. The van der Waals surface area contributed by atoms with E-state index in [0.717, 1.165) is 0 Å². The Morgan fingerprint density at radius 1 is 1.33 bits per heavy atom. The van der Waals surface area contributed by atoms with Gasteiger partial charge in [-0.15, -0.1) is 0 Å². The average molecular weight is 204 g/mol. The first-order valence-electron chi connectivity index (χ1n) is 4.49. The maximum absolute atomic E-state index is 12.9. The monoisotopic (exact) mass is 204 g/mol. The van der Waals surface area contributed by atoms with Crippen LogP contribution >= 0.6 is 0 Å². The van der Waals surface area contributed by atoms with Crippen molar-refractivity contribution in [3.05, 3.63) is 52.2 Å². The fourth-order valence-corrected chi connectivity index (χ4v) is 1.35. The number of aromatic amines is 1. The van der Waals surface area contributed by atoms with Crippen molar-refractivity contribution in [1.29, 1.82) is 0 Å². The Labute approximate surface area is 85.6 Å². The summed E-state index contributed by atoms with van der Waals surface area (Å²) < 4.78 is 12.9. The van der Waals surface area contributed by atoms with Crippen LogP contribution in [-0.4, -0.2) is 9.97 Å². The van der Waals surface area contributed by atoms with Crippen LogP contribution in [0.25, 0.3) is 11.4 Å². The highest BCUT2D eigenvalue weighted by Gasteiger charge is 2.02. The lowest BCUT2D eigenvalue weighted by molar-refractivity contribution is 0.628. The molecule has 0 radical (unpaired) electrons. The topological polar surface area (TPSA) is 45.8 Å². The van der Waals surface area contributed by atoms with E-state index in [-0.39, 0.29) is 11.4 Å². The van der Waals surface area contributed by atoms with E-state index in [1.165, 1.54) is 18.2 Å². The van der Waals surface area contributed by atoms with E-state index in [1.54, 1.807) is 19.1 Å². The van der Waals surface area contributed by atoms with Crippen LogP contribution in [0.15, 0.2) is 35.1 Å². The van der Waals surface area contributed by atoms with E-state index in [1.807, 2.05) is 0 Å². The van der Waals surface area contributed by atoms with Gasteiger partial charge in [-0.2, -0.15) is 0 Å². The summed E-state index contributed by atoms with van der Waals surface area (Å²) in [5.41, 5.74) is 0.940. The molecule has 0 amide bonds. The van der Waals surface area contributed by atoms with Gasteiger partial charge in [-0.05, 0) is 19.1 Å². The van der Waals surface area contributed by atoms with Crippen molar-refractivity contribution in [2.45, 2.75) is 6.92 Å². The molecule has 0 spiro atoms. The second-order valence-corrected chi connectivity index (χ2v) is 3.25. The minimum Gasteiger partial charge on any atom is -0.307 e. The predicted octanol–water partition coefficient (Wildman–Crippen LogP) is 1.88. The summed E-state index contributed by atoms with van der Waals surface area (Å²) in [7, 11) is 0. The SMILES string of the molecule is Cc1cc(=O)[nH]c(-c2cccc(F)c2)n1. The van der Waals surface area contributed by atoms with Crippen LogP contribution in [0.1, 0.15) is 5.69 Å². The van der Waals surface area contributed by atoms with Crippen LogP contribution < -0.4 is 5.56 Å². The van der Waals surface area contributed by atoms with Crippen molar-refractivity contribution in [2.75, 3.05) is 0 Å². The Balaban J connectivity index is 2.59. The summed E-state index contributed by atoms with van der Waals surface area (Å²) in [4.78, 5) is 17.9. The summed E-state index contributed by atoms with van der Waals surface area (Å²) in [5, 5.41) is 0. The van der Waals surface area contributed by atoms with Crippen molar-refractivity contribution in [1.82, 2.24) is 9.97 Å². The molecule has 4 heteroatoms. The molecule has 0 aliphatic heterocycles. The van der Waals surface area contributed by atoms with Crippen LogP contribution in [0, 0.1) is 12.7 Å². The van der Waals surface area contributed by atoms with Crippen LogP contribution in [0.2, 0.25) is 0 Å². The van der Waals surface area contributed by atoms with Crippen molar-refractivity contribution in [3.63, 3.8) is 0 Å². The van der Waals surface area contributed by atoms with Gasteiger partial charge in [0.05, 0.1) is 0 Å². The average Bonchev–Trinajstić information content (AvgIpc) is 2.16. The minimum absolute atomic E-state index is 0.234. The number of hydrogen-bond acceptors (Lipinski definition) is 2. The van der Waals surface area contributed by atoms with Gasteiger partial charge in [0, 0.05) is 17.3 Å². The van der Waals surface area contributed by atoms with Gasteiger partial charge in [0.2, 0.25) is 0 Å². The van der Waals surface area contributed by atoms with E-state index in [9.17, 15) is 9.18 Å². The number of halogens is 1. The van der Waals surface area contributed by atoms with Crippen LogP contribution in [0.4, 0.5) is 4.39 Å². The van der Waals surface area contributed by atoms with Gasteiger partial charge in [0.25, 0.3) is 5.56 Å². The molecule has 2 aromatic rings. The molecule has 0 aliphatic rings. The molecule has 0 bridgehead atoms. The predicted molar refractivity (Wildman–Crippen MR) is 55.0 cm³/mol. The van der Waals surface area contributed by atoms with Gasteiger partial charge >= 0.3 is 0 Å². The second-order valence-electron chi connectivity index (χ2n) is 3.25. The first-order chi connectivity index (χ1) is 7.15. The Kier molecular flexibility index (Phi) is 2.33. The zero-order valence-electron chi connectivity index (χ0n) is 8.12. The van der Waals surface area contributed by atoms with Gasteiger partial charge in [0.1, 0.15) is 11.6 Å². The Hall–Kier alpha value is -1.97. The fraction of sp³-hybridized carbons (Fsp3) is 0.0909. The number of hydrogen-bond donors (Lipinski definition) is 1. The molecular formula is C11H9FN2O. The zero-order valence-corrected chi connectivity index (χ0v) is 8.12. The van der Waals surface area contributed by atoms with Crippen molar-refractivity contribution in [2.24, 2.45) is 0 Å². The third kappa shape index (κ3) is 2.10. The van der Waals surface area contributed by atoms with Gasteiger partial charge in [0.15, 0.2) is 0 Å². The van der Waals surface area contributed by atoms with Crippen molar-refractivity contribution < 1.29 is 4.39 Å². The normalized spacial score (nSPS) is 10.3. The molecule has 2 rings (SSSR count). The highest BCUT2D eigenvalue weighted by atomic mass is 19.1. The lowest BCUT2D eigenvalue weighted by atomic mass is 10.2. The smallest absolute Gasteiger partial charge is 0.251 e. The maximum atomic E-state index is 12.9. The summed E-state index contributed by atoms with van der Waals surface area (Å²) in [6.45, 7) is 1.72. The highest BCUT2D eigenvalue weighted by molar-refractivity contribution is 5.54. The number of nitrogens with zero attached hydrogens (tertiary/aromatic N) is 1. The number of H-pyrrole nitrogens is 1. The molecule has 0 atom stereocenters. The summed E-state index contributed by atoms with van der Waals surface area (Å²) in [6.07, 6.45) is 0. The molecule has 0 fully saturated rings. The lowest BCUT2D eigenvalue weighted by Gasteiger charge is -2.01. The lowest BCUT2D eigenvalue weighted by Crippen LogP contribution is -2.08. The van der Waals surface area contributed by atoms with E-state index in [2.05, 4.69) is 9.97 Å². The van der Waals surface area contributed by atoms with E-state index >= 15 is 0 Å². The Morgan fingerprint density at radius 2 is 2.13 bits per heavy atom. The Morgan fingerprint density at radius 3 is 2.80 bits per heavy atom. The fourth-order valence-electron chi connectivity index (χ4n) is 1.35. The summed E-state index contributed by atoms with van der Waals surface area (Å²) in [5.74, 6) is 0.0381. The van der Waals surface area contributed by atoms with Gasteiger partial charge < -0.3 is 4.98 Å². The van der Waals surface area contributed by atoms with Crippen LogP contribution in [0.3, 0.4) is 0 Å². The molecule has 0 saturated carbocycles. The minimum atomic E-state index is -0.350. The largest absolute Gasteiger partial charge is 0.307 e. The zero-order chi connectivity index (χ0) is 10.8. The van der Waals surface area contributed by atoms with E-state index in [0.29, 0.717) is 17.1 Å². The van der Waals surface area contributed by atoms with Crippen LogP contribution in [-0.2, 0) is 0 Å². The number of nitrogens with one attached hydrogen (secondary N) is 1. The van der Waals surface area contributed by atoms with Crippen LogP contribution in [0.5, 0.6) is 0 Å². The van der Waals surface area contributed by atoms with Gasteiger partial charge in [-0.1, -0.05) is 12.1 Å². The molecule has 0 saturated heterocycles. The second kappa shape index (κ2) is 3.65. The summed E-state index contributed by atoms with van der Waals surface area (Å²) >= 11 is 0. The maximum Gasteiger partial charge on any atom is 0.251 e. The van der Waals surface area contributed by atoms with Crippen molar-refractivity contribution in [3.8, 4) is 11.4 Å². The van der Waals surface area contributed by atoms with Gasteiger partial charge in [-0.3, -0.25) is 4.79 Å². The van der Waals surface area contributed by atoms with E-state index < -0.39 is 0 Å². The molecule has 15 heavy (non-hydrogen) atoms. The number of aromatic nitrogens is 2. The molecule has 0 aliphatic carbocycles. The molecule has 1 heterocycles. The third-order valence-corrected chi connectivity index (χ3v) is 1.97. The first kappa shape index (κ1) is 9.58. The quantitative estimate of drug-likeness (QED) is 0.770. The molecule has 76 valence electrons. The first-order valence-corrected chi connectivity index (χ1v) is 4.49. The molecule has 0 unspecified atom stereocenters. The number of rotatable bonds is 1. The van der Waals surface area contributed by atoms with Gasteiger partial charge in [-0.25, -0.2) is 9.37 Å². The molecular weight excluding hydrogens is 195 g/mol. The molecule has 1 N–H and O–H groups in total. The number of benzene rings is 1. The molecule has 1 aromatic carbocycles. The van der Waals surface area contributed by atoms with Crippen molar-refractivity contribution >= 4 is 0 Å². The molecule has 3 nitrogen and oxygen atoms in total. The number of aryl methyl sites for hydroxylation is 1. The standard InChI is InChI=1S/C11H9FN2O/c1-7-5-10(15)14-11(13-7)8-3-2-4-9(12)6-8/h2-6H,1H3,(H,13,14,15). The summed E-state index contributed by atoms with van der Waals surface area (Å²) in [6, 6.07) is 7.34. The third-order valence-electron chi connectivity index (χ3n) is 1.97. The molecule has 1 aromatic heterocycles. The van der Waals surface area contributed by atoms with E-state index in [4.69, 9.17) is 0 Å². The Bertz CT molecular complexity index is 548.